The third-order valence-corrected chi connectivity index (χ3v) is 2.98. The molecule has 0 aliphatic heterocycles. The fourth-order valence-corrected chi connectivity index (χ4v) is 2.00. The lowest BCUT2D eigenvalue weighted by Crippen LogP contribution is -2.02. The third-order valence-electron chi connectivity index (χ3n) is 2.47. The molecule has 0 saturated carbocycles. The van der Waals surface area contributed by atoms with Crippen LogP contribution in [0, 0.1) is 0 Å². The van der Waals surface area contributed by atoms with E-state index in [4.69, 9.17) is 0 Å². The standard InChI is InChI=1S/C12H11BrO/c13-8-12(14)11-6-5-9-3-1-2-4-10(9)7-11/h2,4-7H,1,3,8H2. The number of allylic oxidation sites excluding steroid dienone is 1. The van der Waals surface area contributed by atoms with Gasteiger partial charge in [-0.05, 0) is 30.0 Å². The molecule has 1 aromatic carbocycles. The Kier molecular flexibility index (Phi) is 2.82. The third kappa shape index (κ3) is 1.80. The summed E-state index contributed by atoms with van der Waals surface area (Å²) in [5, 5.41) is 0.398. The van der Waals surface area contributed by atoms with Crippen molar-refractivity contribution in [3.05, 3.63) is 41.0 Å². The second-order valence-electron chi connectivity index (χ2n) is 3.41. The number of hydrogen-bond donors (Lipinski definition) is 0. The maximum absolute atomic E-state index is 11.4. The lowest BCUT2D eigenvalue weighted by atomic mass is 9.95. The van der Waals surface area contributed by atoms with Gasteiger partial charge in [0.2, 0.25) is 0 Å². The van der Waals surface area contributed by atoms with E-state index in [1.165, 1.54) is 11.1 Å². The highest BCUT2D eigenvalue weighted by Crippen LogP contribution is 2.20. The van der Waals surface area contributed by atoms with Crippen LogP contribution in [0.3, 0.4) is 0 Å². The van der Waals surface area contributed by atoms with Crippen LogP contribution in [0.25, 0.3) is 6.08 Å². The molecule has 0 radical (unpaired) electrons. The van der Waals surface area contributed by atoms with Crippen LogP contribution in [-0.4, -0.2) is 11.1 Å². The molecule has 0 spiro atoms. The Morgan fingerprint density at radius 1 is 1.43 bits per heavy atom. The lowest BCUT2D eigenvalue weighted by molar-refractivity contribution is 0.102. The van der Waals surface area contributed by atoms with E-state index in [-0.39, 0.29) is 5.78 Å². The summed E-state index contributed by atoms with van der Waals surface area (Å²) in [6.07, 6.45) is 6.46. The molecule has 0 unspecified atom stereocenters. The average Bonchev–Trinajstić information content (AvgIpc) is 2.27. The maximum atomic E-state index is 11.4. The van der Waals surface area contributed by atoms with Crippen LogP contribution in [0.4, 0.5) is 0 Å². The van der Waals surface area contributed by atoms with Gasteiger partial charge in [-0.25, -0.2) is 0 Å². The van der Waals surface area contributed by atoms with Crippen molar-refractivity contribution in [3.63, 3.8) is 0 Å². The first-order valence-electron chi connectivity index (χ1n) is 4.70. The van der Waals surface area contributed by atoms with Crippen molar-refractivity contribution in [1.82, 2.24) is 0 Å². The van der Waals surface area contributed by atoms with Gasteiger partial charge in [-0.3, -0.25) is 4.79 Å². The number of Topliss-reactive ketones (excluding diaryl/α,β-unsaturated/α-hetero) is 1. The van der Waals surface area contributed by atoms with Crippen LogP contribution in [0.2, 0.25) is 0 Å². The minimum Gasteiger partial charge on any atom is -0.293 e. The number of alkyl halides is 1. The van der Waals surface area contributed by atoms with E-state index in [0.29, 0.717) is 5.33 Å². The molecular weight excluding hydrogens is 240 g/mol. The predicted molar refractivity (Wildman–Crippen MR) is 61.9 cm³/mol. The number of carbonyl (C=O) groups excluding carboxylic acids is 1. The zero-order valence-corrected chi connectivity index (χ0v) is 9.38. The monoisotopic (exact) mass is 250 g/mol. The quantitative estimate of drug-likeness (QED) is 0.582. The van der Waals surface area contributed by atoms with Crippen molar-refractivity contribution >= 4 is 27.8 Å². The van der Waals surface area contributed by atoms with Crippen molar-refractivity contribution in [2.45, 2.75) is 12.8 Å². The Morgan fingerprint density at radius 2 is 2.29 bits per heavy atom. The van der Waals surface area contributed by atoms with Gasteiger partial charge >= 0.3 is 0 Å². The van der Waals surface area contributed by atoms with Gasteiger partial charge in [0.1, 0.15) is 0 Å². The zero-order chi connectivity index (χ0) is 9.97. The van der Waals surface area contributed by atoms with E-state index < -0.39 is 0 Å². The van der Waals surface area contributed by atoms with Crippen LogP contribution in [0.5, 0.6) is 0 Å². The van der Waals surface area contributed by atoms with Gasteiger partial charge in [0, 0.05) is 5.56 Å². The van der Waals surface area contributed by atoms with Crippen LogP contribution >= 0.6 is 15.9 Å². The summed E-state index contributed by atoms with van der Waals surface area (Å²) in [6, 6.07) is 5.96. The van der Waals surface area contributed by atoms with Gasteiger partial charge in [-0.2, -0.15) is 0 Å². The number of rotatable bonds is 2. The highest BCUT2D eigenvalue weighted by Gasteiger charge is 2.08. The normalized spacial score (nSPS) is 13.8. The highest BCUT2D eigenvalue weighted by molar-refractivity contribution is 9.09. The van der Waals surface area contributed by atoms with E-state index in [9.17, 15) is 4.79 Å². The summed E-state index contributed by atoms with van der Waals surface area (Å²) in [5.41, 5.74) is 3.34. The van der Waals surface area contributed by atoms with Crippen molar-refractivity contribution in [3.8, 4) is 0 Å². The fraction of sp³-hybridized carbons (Fsp3) is 0.250. The molecule has 1 nitrogen and oxygen atoms in total. The van der Waals surface area contributed by atoms with Crippen LogP contribution in [-0.2, 0) is 6.42 Å². The second kappa shape index (κ2) is 4.09. The van der Waals surface area contributed by atoms with Gasteiger partial charge in [-0.15, -0.1) is 0 Å². The van der Waals surface area contributed by atoms with Gasteiger partial charge in [0.05, 0.1) is 5.33 Å². The molecule has 0 N–H and O–H groups in total. The Balaban J connectivity index is 2.40. The summed E-state index contributed by atoms with van der Waals surface area (Å²) >= 11 is 3.18. The van der Waals surface area contributed by atoms with Gasteiger partial charge < -0.3 is 0 Å². The molecule has 1 aliphatic rings. The Morgan fingerprint density at radius 3 is 3.07 bits per heavy atom. The number of aryl methyl sites for hydroxylation is 1. The zero-order valence-electron chi connectivity index (χ0n) is 7.79. The second-order valence-corrected chi connectivity index (χ2v) is 3.97. The van der Waals surface area contributed by atoms with Crippen molar-refractivity contribution < 1.29 is 4.79 Å². The van der Waals surface area contributed by atoms with E-state index in [2.05, 4.69) is 34.1 Å². The molecule has 72 valence electrons. The smallest absolute Gasteiger partial charge is 0.173 e. The fourth-order valence-electron chi connectivity index (χ4n) is 1.68. The molecule has 2 rings (SSSR count). The molecule has 14 heavy (non-hydrogen) atoms. The number of hydrogen-bond acceptors (Lipinski definition) is 1. The van der Waals surface area contributed by atoms with E-state index in [0.717, 1.165) is 18.4 Å². The van der Waals surface area contributed by atoms with E-state index >= 15 is 0 Å². The predicted octanol–water partition coefficient (Wildman–Crippen LogP) is 3.22. The lowest BCUT2D eigenvalue weighted by Gasteiger charge is -2.10. The first-order valence-corrected chi connectivity index (χ1v) is 5.82. The van der Waals surface area contributed by atoms with E-state index in [1.807, 2.05) is 12.1 Å². The molecule has 0 atom stereocenters. The average molecular weight is 251 g/mol. The number of halogens is 1. The molecule has 1 aromatic rings. The first kappa shape index (κ1) is 9.66. The topological polar surface area (TPSA) is 17.1 Å². The number of carbonyl (C=O) groups is 1. The highest BCUT2D eigenvalue weighted by atomic mass is 79.9. The molecule has 0 fully saturated rings. The molecule has 2 heteroatoms. The number of fused-ring (bicyclic) bond motifs is 1. The van der Waals surface area contributed by atoms with Gasteiger partial charge in [0.25, 0.3) is 0 Å². The Bertz CT molecular complexity index is 393. The summed E-state index contributed by atoms with van der Waals surface area (Å²) in [7, 11) is 0. The SMILES string of the molecule is O=C(CBr)c1ccc2c(c1)C=CCC2. The van der Waals surface area contributed by atoms with Crippen molar-refractivity contribution in [2.75, 3.05) is 5.33 Å². The molecule has 0 amide bonds. The summed E-state index contributed by atoms with van der Waals surface area (Å²) < 4.78 is 0. The Hall–Kier alpha value is -0.890. The summed E-state index contributed by atoms with van der Waals surface area (Å²) in [4.78, 5) is 11.4. The number of benzene rings is 1. The van der Waals surface area contributed by atoms with Gasteiger partial charge in [0.15, 0.2) is 5.78 Å². The van der Waals surface area contributed by atoms with Crippen molar-refractivity contribution in [1.29, 1.82) is 0 Å². The minimum absolute atomic E-state index is 0.145. The molecule has 0 bridgehead atoms. The maximum Gasteiger partial charge on any atom is 0.173 e. The molecule has 0 saturated heterocycles. The summed E-state index contributed by atoms with van der Waals surface area (Å²) in [5.74, 6) is 0.145. The number of ketones is 1. The van der Waals surface area contributed by atoms with Crippen molar-refractivity contribution in [2.24, 2.45) is 0 Å². The van der Waals surface area contributed by atoms with Crippen LogP contribution in [0.15, 0.2) is 24.3 Å². The van der Waals surface area contributed by atoms with E-state index in [1.54, 1.807) is 0 Å². The van der Waals surface area contributed by atoms with Gasteiger partial charge in [-0.1, -0.05) is 40.2 Å². The molecular formula is C12H11BrO. The van der Waals surface area contributed by atoms with Crippen LogP contribution in [0.1, 0.15) is 27.9 Å². The first-order chi connectivity index (χ1) is 6.81. The summed E-state index contributed by atoms with van der Waals surface area (Å²) in [6.45, 7) is 0. The largest absolute Gasteiger partial charge is 0.293 e. The Labute approximate surface area is 92.0 Å². The molecule has 0 heterocycles. The molecule has 1 aliphatic carbocycles. The minimum atomic E-state index is 0.145. The molecule has 0 aromatic heterocycles. The van der Waals surface area contributed by atoms with Crippen LogP contribution < -0.4 is 0 Å².